The molecule has 0 fully saturated rings. The van der Waals surface area contributed by atoms with Crippen LogP contribution in [0.4, 0.5) is 6.01 Å². The van der Waals surface area contributed by atoms with Gasteiger partial charge in [-0.25, -0.2) is 4.98 Å². The number of benzene rings is 2. The Morgan fingerprint density at radius 1 is 1.00 bits per heavy atom. The molecule has 116 valence electrons. The second kappa shape index (κ2) is 5.92. The van der Waals surface area contributed by atoms with Crippen LogP contribution in [0.25, 0.3) is 22.2 Å². The Kier molecular flexibility index (Phi) is 3.47. The van der Waals surface area contributed by atoms with E-state index in [1.54, 1.807) is 6.07 Å². The minimum Gasteiger partial charge on any atom is -0.411 e. The van der Waals surface area contributed by atoms with Crippen LogP contribution in [-0.4, -0.2) is 21.1 Å². The summed E-state index contributed by atoms with van der Waals surface area (Å²) in [5.74, 6) is -0.324. The molecular weight excluding hydrogens is 304 g/mol. The van der Waals surface area contributed by atoms with Crippen molar-refractivity contribution in [3.05, 3.63) is 72.6 Å². The van der Waals surface area contributed by atoms with E-state index in [4.69, 9.17) is 4.42 Å². The highest BCUT2D eigenvalue weighted by molar-refractivity contribution is 6.12. The molecule has 4 rings (SSSR count). The van der Waals surface area contributed by atoms with Crippen LogP contribution >= 0.6 is 0 Å². The third-order valence-electron chi connectivity index (χ3n) is 3.61. The number of amides is 1. The highest BCUT2D eigenvalue weighted by Gasteiger charge is 2.15. The smallest absolute Gasteiger partial charge is 0.322 e. The monoisotopic (exact) mass is 316 g/mol. The first-order valence-electron chi connectivity index (χ1n) is 7.34. The fourth-order valence-corrected chi connectivity index (χ4v) is 2.51. The third-order valence-corrected chi connectivity index (χ3v) is 3.61. The maximum absolute atomic E-state index is 12.6. The Bertz CT molecular complexity index is 998. The van der Waals surface area contributed by atoms with Gasteiger partial charge in [-0.2, -0.15) is 0 Å². The predicted molar refractivity (Wildman–Crippen MR) is 89.4 cm³/mol. The number of hydrogen-bond acceptors (Lipinski definition) is 5. The Morgan fingerprint density at radius 2 is 1.79 bits per heavy atom. The minimum absolute atomic E-state index is 0.0576. The first-order valence-corrected chi connectivity index (χ1v) is 7.34. The molecule has 0 atom stereocenters. The SMILES string of the molecule is O=C(Nc1nnco1)c1cc(-c2ccccc2)nc2ccccc12. The number of para-hydroxylation sites is 1. The molecule has 0 aliphatic heterocycles. The van der Waals surface area contributed by atoms with E-state index in [1.165, 1.54) is 0 Å². The van der Waals surface area contributed by atoms with Crippen LogP contribution in [0.5, 0.6) is 0 Å². The van der Waals surface area contributed by atoms with Gasteiger partial charge in [0.1, 0.15) is 0 Å². The number of carbonyl (C=O) groups excluding carboxylic acids is 1. The molecule has 0 saturated carbocycles. The number of pyridine rings is 1. The summed E-state index contributed by atoms with van der Waals surface area (Å²) in [6, 6.07) is 19.0. The molecular formula is C18H12N4O2. The lowest BCUT2D eigenvalue weighted by Crippen LogP contribution is -2.13. The van der Waals surface area contributed by atoms with Crippen LogP contribution in [0, 0.1) is 0 Å². The van der Waals surface area contributed by atoms with E-state index in [0.29, 0.717) is 5.56 Å². The lowest BCUT2D eigenvalue weighted by Gasteiger charge is -2.09. The summed E-state index contributed by atoms with van der Waals surface area (Å²) in [6.07, 6.45) is 1.16. The summed E-state index contributed by atoms with van der Waals surface area (Å²) >= 11 is 0. The standard InChI is InChI=1S/C18H12N4O2/c23-17(21-18-22-19-11-24-18)14-10-16(12-6-2-1-3-7-12)20-15-9-5-4-8-13(14)15/h1-11H,(H,21,22,23). The lowest BCUT2D eigenvalue weighted by molar-refractivity contribution is 0.102. The average molecular weight is 316 g/mol. The molecule has 6 nitrogen and oxygen atoms in total. The topological polar surface area (TPSA) is 80.9 Å². The minimum atomic E-state index is -0.324. The maximum Gasteiger partial charge on any atom is 0.322 e. The van der Waals surface area contributed by atoms with Crippen molar-refractivity contribution in [1.29, 1.82) is 0 Å². The van der Waals surface area contributed by atoms with Gasteiger partial charge in [0.05, 0.1) is 16.8 Å². The van der Waals surface area contributed by atoms with Crippen molar-refractivity contribution in [2.45, 2.75) is 0 Å². The van der Waals surface area contributed by atoms with Gasteiger partial charge in [-0.05, 0) is 12.1 Å². The zero-order valence-corrected chi connectivity index (χ0v) is 12.5. The summed E-state index contributed by atoms with van der Waals surface area (Å²) in [7, 11) is 0. The normalized spacial score (nSPS) is 10.7. The zero-order chi connectivity index (χ0) is 16.4. The molecule has 0 unspecified atom stereocenters. The molecule has 0 aliphatic carbocycles. The van der Waals surface area contributed by atoms with Gasteiger partial charge in [0.2, 0.25) is 6.39 Å². The van der Waals surface area contributed by atoms with Crippen molar-refractivity contribution in [2.75, 3.05) is 5.32 Å². The van der Waals surface area contributed by atoms with Crippen LogP contribution in [0.3, 0.4) is 0 Å². The second-order valence-corrected chi connectivity index (χ2v) is 5.14. The van der Waals surface area contributed by atoms with E-state index in [2.05, 4.69) is 20.5 Å². The van der Waals surface area contributed by atoms with Crippen molar-refractivity contribution in [3.8, 4) is 11.3 Å². The molecule has 0 radical (unpaired) electrons. The van der Waals surface area contributed by atoms with Crippen molar-refractivity contribution in [2.24, 2.45) is 0 Å². The zero-order valence-electron chi connectivity index (χ0n) is 12.5. The highest BCUT2D eigenvalue weighted by Crippen LogP contribution is 2.25. The molecule has 2 heterocycles. The van der Waals surface area contributed by atoms with Gasteiger partial charge in [-0.1, -0.05) is 53.6 Å². The van der Waals surface area contributed by atoms with Crippen LogP contribution in [-0.2, 0) is 0 Å². The summed E-state index contributed by atoms with van der Waals surface area (Å²) < 4.78 is 4.98. The summed E-state index contributed by atoms with van der Waals surface area (Å²) in [4.78, 5) is 17.3. The summed E-state index contributed by atoms with van der Waals surface area (Å²) in [5.41, 5.74) is 2.91. The predicted octanol–water partition coefficient (Wildman–Crippen LogP) is 3.54. The van der Waals surface area contributed by atoms with Gasteiger partial charge < -0.3 is 4.42 Å². The molecule has 2 aromatic carbocycles. The Hall–Kier alpha value is -3.54. The van der Waals surface area contributed by atoms with Crippen LogP contribution in [0.15, 0.2) is 71.5 Å². The third kappa shape index (κ3) is 2.61. The average Bonchev–Trinajstić information content (AvgIpc) is 3.14. The van der Waals surface area contributed by atoms with Gasteiger partial charge >= 0.3 is 6.01 Å². The van der Waals surface area contributed by atoms with Gasteiger partial charge in [0.15, 0.2) is 0 Å². The van der Waals surface area contributed by atoms with Gasteiger partial charge in [-0.3, -0.25) is 10.1 Å². The number of nitrogens with zero attached hydrogens (tertiary/aromatic N) is 3. The Labute approximate surface area is 137 Å². The second-order valence-electron chi connectivity index (χ2n) is 5.14. The molecule has 0 bridgehead atoms. The first kappa shape index (κ1) is 14.1. The Balaban J connectivity index is 1.85. The van der Waals surface area contributed by atoms with Crippen molar-refractivity contribution < 1.29 is 9.21 Å². The number of nitrogens with one attached hydrogen (secondary N) is 1. The molecule has 24 heavy (non-hydrogen) atoms. The van der Waals surface area contributed by atoms with Crippen molar-refractivity contribution in [3.63, 3.8) is 0 Å². The summed E-state index contributed by atoms with van der Waals surface area (Å²) in [6.45, 7) is 0. The Morgan fingerprint density at radius 3 is 2.58 bits per heavy atom. The summed E-state index contributed by atoms with van der Waals surface area (Å²) in [5, 5.41) is 10.6. The lowest BCUT2D eigenvalue weighted by atomic mass is 10.0. The van der Waals surface area contributed by atoms with E-state index < -0.39 is 0 Å². The fourth-order valence-electron chi connectivity index (χ4n) is 2.51. The van der Waals surface area contributed by atoms with Gasteiger partial charge in [0, 0.05) is 10.9 Å². The molecule has 2 aromatic heterocycles. The van der Waals surface area contributed by atoms with Crippen LogP contribution < -0.4 is 5.32 Å². The van der Waals surface area contributed by atoms with E-state index >= 15 is 0 Å². The first-order chi connectivity index (χ1) is 11.8. The number of hydrogen-bond donors (Lipinski definition) is 1. The molecule has 1 N–H and O–H groups in total. The van der Waals surface area contributed by atoms with Crippen LogP contribution in [0.2, 0.25) is 0 Å². The number of rotatable bonds is 3. The quantitative estimate of drug-likeness (QED) is 0.625. The highest BCUT2D eigenvalue weighted by atomic mass is 16.4. The van der Waals surface area contributed by atoms with Gasteiger partial charge in [0.25, 0.3) is 5.91 Å². The number of carbonyl (C=O) groups is 1. The molecule has 0 saturated heterocycles. The number of anilines is 1. The van der Waals surface area contributed by atoms with E-state index in [9.17, 15) is 4.79 Å². The van der Waals surface area contributed by atoms with E-state index in [-0.39, 0.29) is 11.9 Å². The van der Waals surface area contributed by atoms with Crippen molar-refractivity contribution in [1.82, 2.24) is 15.2 Å². The molecule has 4 aromatic rings. The van der Waals surface area contributed by atoms with E-state index in [0.717, 1.165) is 28.6 Å². The largest absolute Gasteiger partial charge is 0.411 e. The maximum atomic E-state index is 12.6. The molecule has 6 heteroatoms. The molecule has 0 spiro atoms. The van der Waals surface area contributed by atoms with Gasteiger partial charge in [-0.15, -0.1) is 5.10 Å². The molecule has 0 aliphatic rings. The van der Waals surface area contributed by atoms with Crippen LogP contribution in [0.1, 0.15) is 10.4 Å². The molecule has 1 amide bonds. The van der Waals surface area contributed by atoms with Crippen molar-refractivity contribution >= 4 is 22.8 Å². The fraction of sp³-hybridized carbons (Fsp3) is 0. The van der Waals surface area contributed by atoms with E-state index in [1.807, 2.05) is 54.6 Å². The number of fused-ring (bicyclic) bond motifs is 1. The number of aromatic nitrogens is 3.